The summed E-state index contributed by atoms with van der Waals surface area (Å²) in [7, 11) is 0. The number of rotatable bonds is 6. The molecule has 0 spiro atoms. The van der Waals surface area contributed by atoms with Crippen molar-refractivity contribution in [3.63, 3.8) is 0 Å². The van der Waals surface area contributed by atoms with E-state index in [0.717, 1.165) is 78.7 Å². The van der Waals surface area contributed by atoms with Crippen molar-refractivity contribution in [2.45, 2.75) is 64.0 Å². The van der Waals surface area contributed by atoms with Gasteiger partial charge >= 0.3 is 0 Å². The summed E-state index contributed by atoms with van der Waals surface area (Å²) in [5.74, 6) is -0.0809. The molecule has 1 saturated heterocycles. The minimum absolute atomic E-state index is 0.171. The zero-order valence-electron chi connectivity index (χ0n) is 21.8. The van der Waals surface area contributed by atoms with Crippen molar-refractivity contribution < 1.29 is 9.59 Å². The Morgan fingerprint density at radius 2 is 1.65 bits per heavy atom. The topological polar surface area (TPSA) is 66.6 Å². The number of nitrogens with zero attached hydrogens (tertiary/aromatic N) is 2. The molecule has 3 aromatic carbocycles. The maximum absolute atomic E-state index is 13.3. The standard InChI is InChI=1S/C32H35N3O2/c1-3-17-32(31(33)37)27-12-8-7-11-25(27)26-13-14-28(23(4-2)29(26)32)34-18-15-22(16-19-34)35-20-21-9-5-6-10-24(21)30(35)36/h5-14,22H,3-4,15-20H2,1-2H3,(H2,33,37). The lowest BCUT2D eigenvalue weighted by Gasteiger charge is -2.39. The third kappa shape index (κ3) is 3.43. The van der Waals surface area contributed by atoms with E-state index < -0.39 is 5.41 Å². The summed E-state index contributed by atoms with van der Waals surface area (Å²) in [4.78, 5) is 30.9. The molecule has 2 N–H and O–H groups in total. The highest BCUT2D eigenvalue weighted by Crippen LogP contribution is 2.54. The lowest BCUT2D eigenvalue weighted by atomic mass is 9.72. The van der Waals surface area contributed by atoms with Crippen LogP contribution in [0.5, 0.6) is 0 Å². The number of anilines is 1. The molecule has 2 aliphatic heterocycles. The van der Waals surface area contributed by atoms with Crippen LogP contribution in [-0.2, 0) is 23.2 Å². The Balaban J connectivity index is 1.33. The number of benzene rings is 3. The van der Waals surface area contributed by atoms with E-state index in [1.54, 1.807) is 0 Å². The minimum atomic E-state index is -0.784. The molecule has 3 aromatic rings. The zero-order valence-corrected chi connectivity index (χ0v) is 21.8. The molecular formula is C32H35N3O2. The number of piperidine rings is 1. The molecule has 5 heteroatoms. The summed E-state index contributed by atoms with van der Waals surface area (Å²) in [6, 6.07) is 21.0. The van der Waals surface area contributed by atoms with Crippen LogP contribution in [0, 0.1) is 0 Å². The van der Waals surface area contributed by atoms with Gasteiger partial charge in [0.05, 0.1) is 0 Å². The van der Waals surface area contributed by atoms with E-state index in [9.17, 15) is 9.59 Å². The number of carbonyl (C=O) groups excluding carboxylic acids is 2. The Bertz CT molecular complexity index is 1390. The molecule has 37 heavy (non-hydrogen) atoms. The number of fused-ring (bicyclic) bond motifs is 4. The van der Waals surface area contributed by atoms with Crippen molar-refractivity contribution in [1.29, 1.82) is 0 Å². The van der Waals surface area contributed by atoms with Crippen LogP contribution < -0.4 is 10.6 Å². The van der Waals surface area contributed by atoms with Gasteiger partial charge in [0, 0.05) is 36.9 Å². The maximum Gasteiger partial charge on any atom is 0.254 e. The number of hydrogen-bond acceptors (Lipinski definition) is 3. The van der Waals surface area contributed by atoms with E-state index in [1.807, 2.05) is 30.3 Å². The summed E-state index contributed by atoms with van der Waals surface area (Å²) in [5, 5.41) is 0. The van der Waals surface area contributed by atoms with Gasteiger partial charge in [0.1, 0.15) is 5.41 Å². The van der Waals surface area contributed by atoms with Gasteiger partial charge in [-0.25, -0.2) is 0 Å². The first-order valence-electron chi connectivity index (χ1n) is 13.7. The van der Waals surface area contributed by atoms with E-state index in [-0.39, 0.29) is 17.9 Å². The molecule has 0 saturated carbocycles. The van der Waals surface area contributed by atoms with Crippen molar-refractivity contribution in [3.8, 4) is 11.1 Å². The van der Waals surface area contributed by atoms with E-state index in [1.165, 1.54) is 11.3 Å². The number of amides is 2. The second-order valence-electron chi connectivity index (χ2n) is 10.7. The van der Waals surface area contributed by atoms with Crippen molar-refractivity contribution in [1.82, 2.24) is 4.90 Å². The number of hydrogen-bond donors (Lipinski definition) is 1. The first kappa shape index (κ1) is 23.8. The fourth-order valence-electron chi connectivity index (χ4n) is 7.23. The molecule has 1 fully saturated rings. The van der Waals surface area contributed by atoms with E-state index in [0.29, 0.717) is 6.42 Å². The van der Waals surface area contributed by atoms with Crippen LogP contribution in [0.4, 0.5) is 5.69 Å². The third-order valence-corrected chi connectivity index (χ3v) is 8.89. The summed E-state index contributed by atoms with van der Waals surface area (Å²) < 4.78 is 0. The van der Waals surface area contributed by atoms with Gasteiger partial charge in [-0.1, -0.05) is 68.8 Å². The average Bonchev–Trinajstić information content (AvgIpc) is 3.42. The molecule has 5 nitrogen and oxygen atoms in total. The quantitative estimate of drug-likeness (QED) is 0.498. The average molecular weight is 494 g/mol. The van der Waals surface area contributed by atoms with Crippen molar-refractivity contribution in [3.05, 3.63) is 88.5 Å². The van der Waals surface area contributed by atoms with Gasteiger partial charge in [-0.05, 0) is 71.2 Å². The first-order chi connectivity index (χ1) is 18.0. The fourth-order valence-corrected chi connectivity index (χ4v) is 7.23. The Morgan fingerprint density at radius 3 is 2.32 bits per heavy atom. The fraction of sp³-hybridized carbons (Fsp3) is 0.375. The van der Waals surface area contributed by atoms with Crippen LogP contribution in [0.15, 0.2) is 60.7 Å². The Hall–Kier alpha value is -3.60. The van der Waals surface area contributed by atoms with Crippen LogP contribution in [0.2, 0.25) is 0 Å². The smallest absolute Gasteiger partial charge is 0.254 e. The minimum Gasteiger partial charge on any atom is -0.371 e. The SMILES string of the molecule is CCCC1(C(N)=O)c2ccccc2-c2ccc(N3CCC(N4Cc5ccccc5C4=O)CC3)c(CC)c21. The van der Waals surface area contributed by atoms with Crippen LogP contribution in [0.3, 0.4) is 0 Å². The Labute approximate surface area is 219 Å². The number of nitrogens with two attached hydrogens (primary N) is 1. The molecule has 1 atom stereocenters. The Kier molecular flexibility index (Phi) is 5.82. The number of carbonyl (C=O) groups is 2. The van der Waals surface area contributed by atoms with Gasteiger partial charge < -0.3 is 15.5 Å². The molecule has 0 bridgehead atoms. The highest BCUT2D eigenvalue weighted by atomic mass is 16.2. The van der Waals surface area contributed by atoms with E-state index >= 15 is 0 Å². The monoisotopic (exact) mass is 493 g/mol. The highest BCUT2D eigenvalue weighted by Gasteiger charge is 2.49. The van der Waals surface area contributed by atoms with Crippen LogP contribution in [0.25, 0.3) is 11.1 Å². The molecule has 3 aliphatic rings. The number of primary amides is 1. The lowest BCUT2D eigenvalue weighted by Crippen LogP contribution is -2.45. The molecular weight excluding hydrogens is 458 g/mol. The molecule has 2 amide bonds. The van der Waals surface area contributed by atoms with Crippen LogP contribution in [-0.4, -0.2) is 35.8 Å². The normalized spacial score (nSPS) is 20.6. The highest BCUT2D eigenvalue weighted by molar-refractivity contribution is 6.01. The largest absolute Gasteiger partial charge is 0.371 e. The van der Waals surface area contributed by atoms with Gasteiger partial charge in [-0.15, -0.1) is 0 Å². The van der Waals surface area contributed by atoms with Gasteiger partial charge in [-0.3, -0.25) is 9.59 Å². The second kappa shape index (κ2) is 9.05. The van der Waals surface area contributed by atoms with Crippen molar-refractivity contribution in [2.75, 3.05) is 18.0 Å². The molecule has 2 heterocycles. The van der Waals surface area contributed by atoms with Crippen molar-refractivity contribution in [2.24, 2.45) is 5.73 Å². The lowest BCUT2D eigenvalue weighted by molar-refractivity contribution is -0.122. The zero-order chi connectivity index (χ0) is 25.7. The van der Waals surface area contributed by atoms with Gasteiger partial charge in [0.2, 0.25) is 5.91 Å². The predicted molar refractivity (Wildman–Crippen MR) is 148 cm³/mol. The third-order valence-electron chi connectivity index (χ3n) is 8.89. The molecule has 190 valence electrons. The summed E-state index contributed by atoms with van der Waals surface area (Å²) in [6.45, 7) is 6.81. The van der Waals surface area contributed by atoms with Crippen LogP contribution >= 0.6 is 0 Å². The van der Waals surface area contributed by atoms with Gasteiger partial charge in [0.15, 0.2) is 0 Å². The van der Waals surface area contributed by atoms with Gasteiger partial charge in [0.25, 0.3) is 5.91 Å². The molecule has 1 aliphatic carbocycles. The maximum atomic E-state index is 13.3. The van der Waals surface area contributed by atoms with E-state index in [4.69, 9.17) is 5.73 Å². The van der Waals surface area contributed by atoms with Gasteiger partial charge in [-0.2, -0.15) is 0 Å². The molecule has 0 radical (unpaired) electrons. The van der Waals surface area contributed by atoms with E-state index in [2.05, 4.69) is 54.0 Å². The molecule has 1 unspecified atom stereocenters. The molecule has 6 rings (SSSR count). The first-order valence-corrected chi connectivity index (χ1v) is 13.7. The summed E-state index contributed by atoms with van der Waals surface area (Å²) in [6.07, 6.45) is 4.31. The van der Waals surface area contributed by atoms with Crippen molar-refractivity contribution >= 4 is 17.5 Å². The predicted octanol–water partition coefficient (Wildman–Crippen LogP) is 5.43. The summed E-state index contributed by atoms with van der Waals surface area (Å²) in [5.41, 5.74) is 14.4. The molecule has 0 aromatic heterocycles. The summed E-state index contributed by atoms with van der Waals surface area (Å²) >= 11 is 0. The van der Waals surface area contributed by atoms with Crippen LogP contribution in [0.1, 0.15) is 72.1 Å². The second-order valence-corrected chi connectivity index (χ2v) is 10.7. The Morgan fingerprint density at radius 1 is 0.946 bits per heavy atom.